The lowest BCUT2D eigenvalue weighted by Gasteiger charge is -2.48. The molecule has 3 aliphatic rings. The lowest BCUT2D eigenvalue weighted by molar-refractivity contribution is -0.233. The summed E-state index contributed by atoms with van der Waals surface area (Å²) >= 11 is 0. The zero-order valence-corrected chi connectivity index (χ0v) is 12.8. The predicted molar refractivity (Wildman–Crippen MR) is 78.2 cm³/mol. The molecule has 1 aliphatic heterocycles. The van der Waals surface area contributed by atoms with Crippen LogP contribution in [0.5, 0.6) is 0 Å². The Bertz CT molecular complexity index is 313. The van der Waals surface area contributed by atoms with E-state index in [1.54, 1.807) is 0 Å². The summed E-state index contributed by atoms with van der Waals surface area (Å²) in [7, 11) is 0. The predicted octanol–water partition coefficient (Wildman–Crippen LogP) is 4.76. The Morgan fingerprint density at radius 3 is 1.95 bits per heavy atom. The molecule has 1 saturated heterocycles. The molecule has 19 heavy (non-hydrogen) atoms. The maximum Gasteiger partial charge on any atom is 0.0498 e. The smallest absolute Gasteiger partial charge is 0.0498 e. The Hall–Kier alpha value is -0.0800. The molecule has 2 saturated carbocycles. The molecule has 110 valence electrons. The molecule has 2 aliphatic carbocycles. The SMILES string of the molecule is CC(C)C1CC2(CCCCC2)N(O)C12CCCCC2. The summed E-state index contributed by atoms with van der Waals surface area (Å²) in [6.45, 7) is 4.74. The molecule has 2 heteroatoms. The molecule has 1 heterocycles. The van der Waals surface area contributed by atoms with Crippen molar-refractivity contribution in [3.8, 4) is 0 Å². The molecule has 0 amide bonds. The Morgan fingerprint density at radius 2 is 1.42 bits per heavy atom. The zero-order chi connectivity index (χ0) is 13.5. The fourth-order valence-corrected chi connectivity index (χ4v) is 5.54. The van der Waals surface area contributed by atoms with E-state index in [0.29, 0.717) is 11.8 Å². The minimum Gasteiger partial charge on any atom is -0.313 e. The van der Waals surface area contributed by atoms with Gasteiger partial charge < -0.3 is 5.21 Å². The zero-order valence-electron chi connectivity index (χ0n) is 12.8. The van der Waals surface area contributed by atoms with Crippen LogP contribution in [0.3, 0.4) is 0 Å². The Kier molecular flexibility index (Phi) is 3.68. The van der Waals surface area contributed by atoms with Crippen molar-refractivity contribution < 1.29 is 5.21 Å². The maximum absolute atomic E-state index is 11.1. The lowest BCUT2D eigenvalue weighted by atomic mass is 9.69. The number of hydrogen-bond donors (Lipinski definition) is 1. The van der Waals surface area contributed by atoms with Gasteiger partial charge in [-0.3, -0.25) is 0 Å². The van der Waals surface area contributed by atoms with E-state index in [1.807, 2.05) is 5.06 Å². The Morgan fingerprint density at radius 1 is 0.895 bits per heavy atom. The van der Waals surface area contributed by atoms with Crippen LogP contribution in [-0.4, -0.2) is 21.3 Å². The maximum atomic E-state index is 11.1. The van der Waals surface area contributed by atoms with Crippen molar-refractivity contribution in [2.45, 2.75) is 95.6 Å². The number of rotatable bonds is 1. The van der Waals surface area contributed by atoms with Crippen molar-refractivity contribution in [1.29, 1.82) is 0 Å². The molecule has 3 fully saturated rings. The van der Waals surface area contributed by atoms with Gasteiger partial charge in [0, 0.05) is 11.1 Å². The van der Waals surface area contributed by atoms with Crippen LogP contribution in [0.2, 0.25) is 0 Å². The van der Waals surface area contributed by atoms with Gasteiger partial charge in [0.15, 0.2) is 0 Å². The third-order valence-electron chi connectivity index (χ3n) is 6.47. The van der Waals surface area contributed by atoms with Gasteiger partial charge in [-0.2, -0.15) is 5.06 Å². The fraction of sp³-hybridized carbons (Fsp3) is 1.00. The highest BCUT2D eigenvalue weighted by molar-refractivity contribution is 5.11. The molecule has 1 unspecified atom stereocenters. The first-order valence-electron chi connectivity index (χ1n) is 8.60. The molecular formula is C17H31NO. The summed E-state index contributed by atoms with van der Waals surface area (Å²) in [5, 5.41) is 13.1. The normalized spacial score (nSPS) is 34.4. The summed E-state index contributed by atoms with van der Waals surface area (Å²) in [5.74, 6) is 1.41. The minimum absolute atomic E-state index is 0.129. The average Bonchev–Trinajstić information content (AvgIpc) is 2.65. The van der Waals surface area contributed by atoms with Crippen LogP contribution in [-0.2, 0) is 0 Å². The molecule has 0 aromatic rings. The van der Waals surface area contributed by atoms with E-state index in [1.165, 1.54) is 70.6 Å². The number of hydrogen-bond acceptors (Lipinski definition) is 2. The first-order valence-corrected chi connectivity index (χ1v) is 8.60. The van der Waals surface area contributed by atoms with Crippen LogP contribution in [0, 0.1) is 11.8 Å². The summed E-state index contributed by atoms with van der Waals surface area (Å²) < 4.78 is 0. The third-order valence-corrected chi connectivity index (χ3v) is 6.47. The van der Waals surface area contributed by atoms with Crippen molar-refractivity contribution in [1.82, 2.24) is 5.06 Å². The van der Waals surface area contributed by atoms with E-state index in [2.05, 4.69) is 13.8 Å². The topological polar surface area (TPSA) is 23.5 Å². The molecule has 0 aromatic heterocycles. The van der Waals surface area contributed by atoms with Gasteiger partial charge in [0.05, 0.1) is 0 Å². The number of hydroxylamine groups is 2. The molecule has 3 rings (SSSR count). The van der Waals surface area contributed by atoms with Gasteiger partial charge >= 0.3 is 0 Å². The third kappa shape index (κ3) is 2.06. The van der Waals surface area contributed by atoms with Crippen LogP contribution in [0.25, 0.3) is 0 Å². The summed E-state index contributed by atoms with van der Waals surface area (Å²) in [6, 6.07) is 0. The Labute approximate surface area is 118 Å². The van der Waals surface area contributed by atoms with E-state index in [0.717, 1.165) is 0 Å². The van der Waals surface area contributed by atoms with Crippen LogP contribution in [0.1, 0.15) is 84.5 Å². The van der Waals surface area contributed by atoms with Gasteiger partial charge in [0.25, 0.3) is 0 Å². The van der Waals surface area contributed by atoms with Crippen LogP contribution in [0.15, 0.2) is 0 Å². The van der Waals surface area contributed by atoms with Crippen molar-refractivity contribution >= 4 is 0 Å². The standard InChI is InChI=1S/C17H31NO/c1-14(2)15-13-16(9-5-3-6-10-16)18(19)17(15)11-7-4-8-12-17/h14-15,19H,3-13H2,1-2H3. The molecule has 0 radical (unpaired) electrons. The van der Waals surface area contributed by atoms with E-state index in [9.17, 15) is 5.21 Å². The van der Waals surface area contributed by atoms with Gasteiger partial charge in [-0.15, -0.1) is 0 Å². The lowest BCUT2D eigenvalue weighted by Crippen LogP contribution is -2.55. The van der Waals surface area contributed by atoms with E-state index in [4.69, 9.17) is 0 Å². The van der Waals surface area contributed by atoms with Crippen molar-refractivity contribution in [2.24, 2.45) is 11.8 Å². The van der Waals surface area contributed by atoms with Crippen LogP contribution >= 0.6 is 0 Å². The van der Waals surface area contributed by atoms with Gasteiger partial charge in [-0.05, 0) is 43.9 Å². The van der Waals surface area contributed by atoms with E-state index < -0.39 is 0 Å². The molecular weight excluding hydrogens is 234 g/mol. The second-order valence-corrected chi connectivity index (χ2v) is 7.82. The second-order valence-electron chi connectivity index (χ2n) is 7.82. The fourth-order valence-electron chi connectivity index (χ4n) is 5.54. The van der Waals surface area contributed by atoms with Gasteiger partial charge in [0.2, 0.25) is 0 Å². The van der Waals surface area contributed by atoms with Gasteiger partial charge in [0.1, 0.15) is 0 Å². The molecule has 1 atom stereocenters. The molecule has 1 N–H and O–H groups in total. The average molecular weight is 265 g/mol. The highest BCUT2D eigenvalue weighted by Gasteiger charge is 2.60. The van der Waals surface area contributed by atoms with Crippen molar-refractivity contribution in [3.63, 3.8) is 0 Å². The summed E-state index contributed by atoms with van der Waals surface area (Å²) in [4.78, 5) is 0. The quantitative estimate of drug-likeness (QED) is 0.739. The largest absolute Gasteiger partial charge is 0.313 e. The molecule has 0 bridgehead atoms. The van der Waals surface area contributed by atoms with Crippen molar-refractivity contribution in [2.75, 3.05) is 0 Å². The number of nitrogens with zero attached hydrogens (tertiary/aromatic N) is 1. The highest BCUT2D eigenvalue weighted by Crippen LogP contribution is 2.57. The van der Waals surface area contributed by atoms with Gasteiger partial charge in [-0.1, -0.05) is 52.4 Å². The first-order chi connectivity index (χ1) is 9.11. The van der Waals surface area contributed by atoms with Crippen LogP contribution < -0.4 is 0 Å². The molecule has 0 aromatic carbocycles. The first kappa shape index (κ1) is 13.9. The van der Waals surface area contributed by atoms with E-state index >= 15 is 0 Å². The Balaban J connectivity index is 1.92. The molecule has 2 spiro atoms. The summed E-state index contributed by atoms with van der Waals surface area (Å²) in [6.07, 6.45) is 14.2. The second kappa shape index (κ2) is 5.04. The highest BCUT2D eigenvalue weighted by atomic mass is 16.5. The summed E-state index contributed by atoms with van der Waals surface area (Å²) in [5.41, 5.74) is 0.272. The molecule has 2 nitrogen and oxygen atoms in total. The van der Waals surface area contributed by atoms with Crippen molar-refractivity contribution in [3.05, 3.63) is 0 Å². The van der Waals surface area contributed by atoms with Gasteiger partial charge in [-0.25, -0.2) is 0 Å². The van der Waals surface area contributed by atoms with E-state index in [-0.39, 0.29) is 11.1 Å². The van der Waals surface area contributed by atoms with Crippen LogP contribution in [0.4, 0.5) is 0 Å². The monoisotopic (exact) mass is 265 g/mol. The minimum atomic E-state index is 0.129.